The fraction of sp³-hybridized carbons (Fsp3) is 0.800. The predicted octanol–water partition coefficient (Wildman–Crippen LogP) is 2.77. The first-order chi connectivity index (χ1) is 7.34. The zero-order valence-corrected chi connectivity index (χ0v) is 11.9. The second kappa shape index (κ2) is 6.59. The lowest BCUT2D eigenvalue weighted by atomic mass is 9.61. The van der Waals surface area contributed by atoms with Gasteiger partial charge >= 0.3 is 0 Å². The van der Waals surface area contributed by atoms with Crippen LogP contribution in [0.5, 0.6) is 0 Å². The van der Waals surface area contributed by atoms with Crippen LogP contribution in [0.4, 0.5) is 0 Å². The van der Waals surface area contributed by atoms with Gasteiger partial charge in [0.1, 0.15) is 0 Å². The standard InChI is InChI=1S/C10H19BNPS2/c13-12-4-2-9(3-5-12)11-8-10-14-6-1-7-15-10/h8-9,11H,1-7,13H2. The molecule has 0 aromatic rings. The summed E-state index contributed by atoms with van der Waals surface area (Å²) in [5.41, 5.74) is 0. The van der Waals surface area contributed by atoms with Gasteiger partial charge in [0.15, 0.2) is 7.28 Å². The van der Waals surface area contributed by atoms with Crippen molar-refractivity contribution in [3.05, 3.63) is 10.2 Å². The summed E-state index contributed by atoms with van der Waals surface area (Å²) < 4.78 is 3.96. The molecule has 0 aromatic carbocycles. The maximum Gasteiger partial charge on any atom is 0.153 e. The maximum absolute atomic E-state index is 2.82. The lowest BCUT2D eigenvalue weighted by Crippen LogP contribution is -2.25. The minimum absolute atomic E-state index is 0.942. The molecule has 2 rings (SSSR count). The summed E-state index contributed by atoms with van der Waals surface area (Å²) >= 11 is 4.12. The molecule has 84 valence electrons. The quantitative estimate of drug-likeness (QED) is 0.554. The molecule has 2 aliphatic rings. The Kier molecular flexibility index (Phi) is 5.43. The molecule has 1 atom stereocenters. The molecule has 15 heavy (non-hydrogen) atoms. The van der Waals surface area contributed by atoms with Gasteiger partial charge in [-0.05, 0) is 30.8 Å². The first kappa shape index (κ1) is 12.4. The van der Waals surface area contributed by atoms with Gasteiger partial charge in [0.25, 0.3) is 0 Å². The Morgan fingerprint density at radius 1 is 1.27 bits per heavy atom. The summed E-state index contributed by atoms with van der Waals surface area (Å²) in [7, 11) is 4.14. The summed E-state index contributed by atoms with van der Waals surface area (Å²) in [4.78, 5) is 0. The Bertz CT molecular complexity index is 221. The molecule has 1 nitrogen and oxygen atoms in total. The van der Waals surface area contributed by atoms with Gasteiger partial charge in [-0.1, -0.05) is 21.2 Å². The smallest absolute Gasteiger partial charge is 0.153 e. The average Bonchev–Trinajstić information content (AvgIpc) is 2.30. The molecule has 0 radical (unpaired) electrons. The van der Waals surface area contributed by atoms with Crippen LogP contribution in [0.25, 0.3) is 0 Å². The first-order valence-corrected chi connectivity index (χ1v) is 8.29. The molecule has 0 aliphatic carbocycles. The monoisotopic (exact) mass is 259 g/mol. The first-order valence-electron chi connectivity index (χ1n) is 5.80. The van der Waals surface area contributed by atoms with Crippen molar-refractivity contribution in [2.75, 3.05) is 24.6 Å². The maximum atomic E-state index is 2.82. The largest absolute Gasteiger partial charge is 0.287 e. The van der Waals surface area contributed by atoms with E-state index >= 15 is 0 Å². The Labute approximate surface area is 105 Å². The summed E-state index contributed by atoms with van der Waals surface area (Å²) in [6.45, 7) is 2.53. The van der Waals surface area contributed by atoms with E-state index in [2.05, 4.69) is 43.6 Å². The summed E-state index contributed by atoms with van der Waals surface area (Å²) in [5, 5.41) is 0. The Morgan fingerprint density at radius 2 is 1.93 bits per heavy atom. The second-order valence-electron chi connectivity index (χ2n) is 4.29. The van der Waals surface area contributed by atoms with Crippen molar-refractivity contribution in [1.29, 1.82) is 0 Å². The highest BCUT2D eigenvalue weighted by atomic mass is 32.2. The number of piperidine rings is 1. The van der Waals surface area contributed by atoms with Crippen LogP contribution in [-0.2, 0) is 0 Å². The molecule has 0 saturated carbocycles. The molecule has 2 fully saturated rings. The summed E-state index contributed by atoms with van der Waals surface area (Å²) in [5.74, 6) is 6.11. The molecule has 5 heteroatoms. The molecule has 0 bridgehead atoms. The van der Waals surface area contributed by atoms with E-state index in [1.54, 1.807) is 4.24 Å². The minimum atomic E-state index is 0.942. The van der Waals surface area contributed by atoms with Crippen LogP contribution in [0.15, 0.2) is 10.2 Å². The van der Waals surface area contributed by atoms with E-state index in [1.165, 1.54) is 51.1 Å². The summed E-state index contributed by atoms with van der Waals surface area (Å²) in [6, 6.07) is 0. The van der Waals surface area contributed by atoms with Gasteiger partial charge in [-0.15, -0.1) is 23.5 Å². The van der Waals surface area contributed by atoms with E-state index in [4.69, 9.17) is 0 Å². The normalized spacial score (nSPS) is 25.3. The van der Waals surface area contributed by atoms with E-state index in [9.17, 15) is 0 Å². The van der Waals surface area contributed by atoms with E-state index in [0.717, 1.165) is 5.82 Å². The fourth-order valence-corrected chi connectivity index (χ4v) is 4.74. The topological polar surface area (TPSA) is 3.24 Å². The third kappa shape index (κ3) is 4.34. The van der Waals surface area contributed by atoms with Crippen molar-refractivity contribution in [3.63, 3.8) is 0 Å². The Hall–Kier alpha value is 0.895. The molecule has 1 unspecified atom stereocenters. The van der Waals surface area contributed by atoms with Crippen LogP contribution in [-0.4, -0.2) is 36.5 Å². The Balaban J connectivity index is 1.72. The van der Waals surface area contributed by atoms with Crippen LogP contribution >= 0.6 is 32.9 Å². The van der Waals surface area contributed by atoms with Gasteiger partial charge in [-0.2, -0.15) is 0 Å². The van der Waals surface area contributed by atoms with Crippen molar-refractivity contribution < 1.29 is 0 Å². The fourth-order valence-electron chi connectivity index (χ4n) is 2.02. The number of rotatable bonds is 2. The highest BCUT2D eigenvalue weighted by molar-refractivity contribution is 8.22. The highest BCUT2D eigenvalue weighted by Crippen LogP contribution is 2.35. The predicted molar refractivity (Wildman–Crippen MR) is 79.0 cm³/mol. The van der Waals surface area contributed by atoms with E-state index in [-0.39, 0.29) is 0 Å². The molecule has 0 aromatic heterocycles. The van der Waals surface area contributed by atoms with Crippen molar-refractivity contribution >= 4 is 40.2 Å². The van der Waals surface area contributed by atoms with Gasteiger partial charge in [-0.25, -0.2) is 0 Å². The number of nitrogens with zero attached hydrogens (tertiary/aromatic N) is 1. The van der Waals surface area contributed by atoms with E-state index in [0.29, 0.717) is 0 Å². The number of thioether (sulfide) groups is 2. The second-order valence-corrected chi connectivity index (χ2v) is 7.55. The third-order valence-corrected chi connectivity index (χ3v) is 6.16. The molecule has 2 aliphatic heterocycles. The number of hydrogen-bond donors (Lipinski definition) is 0. The lowest BCUT2D eigenvalue weighted by Gasteiger charge is -2.27. The molecule has 2 heterocycles. The molecule has 0 spiro atoms. The average molecular weight is 259 g/mol. The van der Waals surface area contributed by atoms with Crippen LogP contribution < -0.4 is 0 Å². The van der Waals surface area contributed by atoms with Crippen molar-refractivity contribution in [3.8, 4) is 0 Å². The van der Waals surface area contributed by atoms with Crippen molar-refractivity contribution in [2.45, 2.75) is 25.1 Å². The molecular formula is C10H19BNPS2. The minimum Gasteiger partial charge on any atom is -0.287 e. The number of hydrogen-bond acceptors (Lipinski definition) is 3. The van der Waals surface area contributed by atoms with Gasteiger partial charge in [0.2, 0.25) is 0 Å². The van der Waals surface area contributed by atoms with Gasteiger partial charge < -0.3 is 0 Å². The van der Waals surface area contributed by atoms with Gasteiger partial charge in [0.05, 0.1) is 0 Å². The lowest BCUT2D eigenvalue weighted by molar-refractivity contribution is 0.379. The SMILES string of the molecule is PN1CCC(BC=C2SCCCS2)CC1. The van der Waals surface area contributed by atoms with Crippen LogP contribution in [0.1, 0.15) is 19.3 Å². The van der Waals surface area contributed by atoms with Gasteiger partial charge in [-0.3, -0.25) is 4.67 Å². The van der Waals surface area contributed by atoms with Gasteiger partial charge in [0, 0.05) is 17.3 Å². The van der Waals surface area contributed by atoms with Crippen LogP contribution in [0.2, 0.25) is 5.82 Å². The van der Waals surface area contributed by atoms with E-state index < -0.39 is 0 Å². The molecular weight excluding hydrogens is 240 g/mol. The Morgan fingerprint density at radius 3 is 2.60 bits per heavy atom. The third-order valence-electron chi connectivity index (χ3n) is 3.04. The highest BCUT2D eigenvalue weighted by Gasteiger charge is 2.17. The summed E-state index contributed by atoms with van der Waals surface area (Å²) in [6.07, 6.45) is 4.14. The molecule has 0 amide bonds. The van der Waals surface area contributed by atoms with Crippen LogP contribution in [0, 0.1) is 0 Å². The van der Waals surface area contributed by atoms with Crippen molar-refractivity contribution in [2.24, 2.45) is 0 Å². The zero-order chi connectivity index (χ0) is 10.5. The van der Waals surface area contributed by atoms with Crippen LogP contribution in [0.3, 0.4) is 0 Å². The van der Waals surface area contributed by atoms with E-state index in [1.807, 2.05) is 0 Å². The molecule has 0 N–H and O–H groups in total. The van der Waals surface area contributed by atoms with Crippen molar-refractivity contribution in [1.82, 2.24) is 4.67 Å². The molecule has 2 saturated heterocycles. The zero-order valence-electron chi connectivity index (χ0n) is 9.15.